The second kappa shape index (κ2) is 4.89. The minimum Gasteiger partial charge on any atom is -0.380 e. The molecule has 0 aliphatic carbocycles. The number of benzene rings is 1. The first-order chi connectivity index (χ1) is 8.13. The molecule has 0 bridgehead atoms. The number of halogens is 2. The van der Waals surface area contributed by atoms with Gasteiger partial charge in [0, 0.05) is 13.7 Å². The molecule has 2 rings (SSSR count). The van der Waals surface area contributed by atoms with Gasteiger partial charge in [-0.05, 0) is 18.6 Å². The largest absolute Gasteiger partial charge is 0.380 e. The summed E-state index contributed by atoms with van der Waals surface area (Å²) in [6.45, 7) is 0.545. The van der Waals surface area contributed by atoms with E-state index in [-0.39, 0.29) is 11.7 Å². The predicted octanol–water partition coefficient (Wildman–Crippen LogP) is 1.52. The Bertz CT molecular complexity index is 437. The van der Waals surface area contributed by atoms with Gasteiger partial charge in [0.05, 0.1) is 17.7 Å². The molecule has 0 amide bonds. The molecule has 1 heterocycles. The van der Waals surface area contributed by atoms with Crippen LogP contribution in [0.15, 0.2) is 18.2 Å². The molecule has 1 aliphatic rings. The monoisotopic (exact) mass is 241 g/mol. The van der Waals surface area contributed by atoms with Gasteiger partial charge < -0.3 is 10.1 Å². The minimum absolute atomic E-state index is 0.0550. The summed E-state index contributed by atoms with van der Waals surface area (Å²) in [7, 11) is 1.56. The third-order valence-corrected chi connectivity index (χ3v) is 2.96. The van der Waals surface area contributed by atoms with E-state index in [9.17, 15) is 13.6 Å². The van der Waals surface area contributed by atoms with Crippen molar-refractivity contribution in [3.05, 3.63) is 35.4 Å². The molecule has 2 unspecified atom stereocenters. The van der Waals surface area contributed by atoms with E-state index in [2.05, 4.69) is 5.32 Å². The second-order valence-corrected chi connectivity index (χ2v) is 4.02. The zero-order valence-electron chi connectivity index (χ0n) is 9.37. The van der Waals surface area contributed by atoms with Crippen LogP contribution in [0.2, 0.25) is 0 Å². The van der Waals surface area contributed by atoms with Gasteiger partial charge >= 0.3 is 0 Å². The zero-order chi connectivity index (χ0) is 12.4. The maximum Gasteiger partial charge on any atom is 0.182 e. The number of carbonyl (C=O) groups excluding carboxylic acids is 1. The predicted molar refractivity (Wildman–Crippen MR) is 57.9 cm³/mol. The fraction of sp³-hybridized carbons (Fsp3) is 0.417. The van der Waals surface area contributed by atoms with Crippen LogP contribution in [0, 0.1) is 11.6 Å². The summed E-state index contributed by atoms with van der Waals surface area (Å²) in [5.74, 6) is -2.51. The minimum atomic E-state index is -1.08. The van der Waals surface area contributed by atoms with Crippen LogP contribution >= 0.6 is 0 Å². The molecular weight excluding hydrogens is 228 g/mol. The highest BCUT2D eigenvalue weighted by Crippen LogP contribution is 2.18. The number of nitrogens with one attached hydrogen (secondary N) is 1. The summed E-state index contributed by atoms with van der Waals surface area (Å²) in [6, 6.07) is 3.11. The molecule has 0 aromatic heterocycles. The number of hydrogen-bond donors (Lipinski definition) is 1. The summed E-state index contributed by atoms with van der Waals surface area (Å²) in [4.78, 5) is 12.0. The van der Waals surface area contributed by atoms with Gasteiger partial charge in [-0.15, -0.1) is 0 Å². The van der Waals surface area contributed by atoms with E-state index in [0.717, 1.165) is 6.07 Å². The Morgan fingerprint density at radius 2 is 2.24 bits per heavy atom. The Labute approximate surface area is 97.8 Å². The van der Waals surface area contributed by atoms with Crippen LogP contribution in [-0.2, 0) is 4.74 Å². The number of ketones is 1. The highest BCUT2D eigenvalue weighted by atomic mass is 19.2. The lowest BCUT2D eigenvalue weighted by atomic mass is 10.0. The maximum atomic E-state index is 13.4. The number of Topliss-reactive ketones (excluding diaryl/α,β-unsaturated/α-hetero) is 1. The lowest BCUT2D eigenvalue weighted by Gasteiger charge is -2.10. The van der Waals surface area contributed by atoms with E-state index in [0.29, 0.717) is 13.0 Å². The van der Waals surface area contributed by atoms with Crippen LogP contribution in [-0.4, -0.2) is 31.6 Å². The molecule has 92 valence electrons. The van der Waals surface area contributed by atoms with Gasteiger partial charge in [0.25, 0.3) is 0 Å². The topological polar surface area (TPSA) is 38.3 Å². The number of carbonyl (C=O) groups is 1. The summed E-state index contributed by atoms with van der Waals surface area (Å²) in [5, 5.41) is 2.94. The molecule has 1 saturated heterocycles. The molecule has 1 N–H and O–H groups in total. The van der Waals surface area contributed by atoms with Gasteiger partial charge in [-0.25, -0.2) is 8.78 Å². The fourth-order valence-corrected chi connectivity index (χ4v) is 1.96. The van der Waals surface area contributed by atoms with Gasteiger partial charge in [0.15, 0.2) is 17.4 Å². The van der Waals surface area contributed by atoms with Gasteiger partial charge in [0.1, 0.15) is 0 Å². The standard InChI is InChI=1S/C12H13F2NO2/c1-17-7-5-10(15-6-7)12(16)8-3-2-4-9(13)11(8)14/h2-4,7,10,15H,5-6H2,1H3. The van der Waals surface area contributed by atoms with Crippen molar-refractivity contribution in [2.45, 2.75) is 18.6 Å². The molecule has 1 aliphatic heterocycles. The number of ether oxygens (including phenoxy) is 1. The molecule has 2 atom stereocenters. The normalized spacial score (nSPS) is 23.9. The van der Waals surface area contributed by atoms with Crippen LogP contribution < -0.4 is 5.32 Å². The SMILES string of the molecule is COC1CNC(C(=O)c2cccc(F)c2F)C1. The molecule has 0 radical (unpaired) electrons. The summed E-state index contributed by atoms with van der Waals surface area (Å²) in [6.07, 6.45) is 0.422. The first-order valence-electron chi connectivity index (χ1n) is 5.38. The molecule has 5 heteroatoms. The highest BCUT2D eigenvalue weighted by Gasteiger charge is 2.31. The first kappa shape index (κ1) is 12.1. The van der Waals surface area contributed by atoms with E-state index >= 15 is 0 Å². The lowest BCUT2D eigenvalue weighted by Crippen LogP contribution is -2.31. The smallest absolute Gasteiger partial charge is 0.182 e. The Morgan fingerprint density at radius 3 is 2.88 bits per heavy atom. The molecule has 1 aromatic rings. The van der Waals surface area contributed by atoms with E-state index in [1.807, 2.05) is 0 Å². The van der Waals surface area contributed by atoms with E-state index in [4.69, 9.17) is 4.74 Å². The van der Waals surface area contributed by atoms with Crippen molar-refractivity contribution >= 4 is 5.78 Å². The van der Waals surface area contributed by atoms with Crippen molar-refractivity contribution in [2.75, 3.05) is 13.7 Å². The molecular formula is C12H13F2NO2. The van der Waals surface area contributed by atoms with Gasteiger partial charge in [0.2, 0.25) is 0 Å². The van der Waals surface area contributed by atoms with Crippen LogP contribution in [0.5, 0.6) is 0 Å². The number of methoxy groups -OCH3 is 1. The fourth-order valence-electron chi connectivity index (χ4n) is 1.96. The third-order valence-electron chi connectivity index (χ3n) is 2.96. The molecule has 1 fully saturated rings. The lowest BCUT2D eigenvalue weighted by molar-refractivity contribution is 0.0914. The molecule has 17 heavy (non-hydrogen) atoms. The average molecular weight is 241 g/mol. The van der Waals surface area contributed by atoms with Crippen molar-refractivity contribution in [1.82, 2.24) is 5.32 Å². The van der Waals surface area contributed by atoms with Crippen molar-refractivity contribution < 1.29 is 18.3 Å². The summed E-state index contributed by atoms with van der Waals surface area (Å²) >= 11 is 0. The van der Waals surface area contributed by atoms with Gasteiger partial charge in [-0.3, -0.25) is 4.79 Å². The number of hydrogen-bond acceptors (Lipinski definition) is 3. The van der Waals surface area contributed by atoms with Crippen molar-refractivity contribution in [2.24, 2.45) is 0 Å². The maximum absolute atomic E-state index is 13.4. The second-order valence-electron chi connectivity index (χ2n) is 4.02. The Morgan fingerprint density at radius 1 is 1.47 bits per heavy atom. The van der Waals surface area contributed by atoms with E-state index in [1.54, 1.807) is 7.11 Å². The highest BCUT2D eigenvalue weighted by molar-refractivity contribution is 6.00. The molecule has 1 aromatic carbocycles. The van der Waals surface area contributed by atoms with Crippen LogP contribution in [0.3, 0.4) is 0 Å². The molecule has 3 nitrogen and oxygen atoms in total. The van der Waals surface area contributed by atoms with Crippen molar-refractivity contribution in [3.63, 3.8) is 0 Å². The summed E-state index contributed by atoms with van der Waals surface area (Å²) < 4.78 is 31.5. The van der Waals surface area contributed by atoms with E-state index < -0.39 is 23.5 Å². The Hall–Kier alpha value is -1.33. The van der Waals surface area contributed by atoms with E-state index in [1.165, 1.54) is 12.1 Å². The number of rotatable bonds is 3. The quantitative estimate of drug-likeness (QED) is 0.815. The third kappa shape index (κ3) is 2.35. The average Bonchev–Trinajstić information content (AvgIpc) is 2.80. The Balaban J connectivity index is 2.18. The first-order valence-corrected chi connectivity index (χ1v) is 5.38. The van der Waals surface area contributed by atoms with Crippen LogP contribution in [0.4, 0.5) is 8.78 Å². The van der Waals surface area contributed by atoms with Crippen LogP contribution in [0.1, 0.15) is 16.8 Å². The van der Waals surface area contributed by atoms with Gasteiger partial charge in [-0.2, -0.15) is 0 Å². The summed E-state index contributed by atoms with van der Waals surface area (Å²) in [5.41, 5.74) is -0.209. The van der Waals surface area contributed by atoms with Gasteiger partial charge in [-0.1, -0.05) is 6.07 Å². The van der Waals surface area contributed by atoms with Crippen LogP contribution in [0.25, 0.3) is 0 Å². The Kier molecular flexibility index (Phi) is 3.49. The van der Waals surface area contributed by atoms with Crippen molar-refractivity contribution in [1.29, 1.82) is 0 Å². The molecule has 0 spiro atoms. The molecule has 0 saturated carbocycles. The van der Waals surface area contributed by atoms with Crippen molar-refractivity contribution in [3.8, 4) is 0 Å². The zero-order valence-corrected chi connectivity index (χ0v) is 9.37.